The summed E-state index contributed by atoms with van der Waals surface area (Å²) in [5, 5.41) is 4.35. The molecule has 3 aromatic rings. The summed E-state index contributed by atoms with van der Waals surface area (Å²) < 4.78 is 0. The van der Waals surface area contributed by atoms with E-state index in [1.165, 1.54) is 5.56 Å². The van der Waals surface area contributed by atoms with Crippen molar-refractivity contribution in [1.82, 2.24) is 10.3 Å². The van der Waals surface area contributed by atoms with Crippen LogP contribution in [0.5, 0.6) is 0 Å². The van der Waals surface area contributed by atoms with Gasteiger partial charge in [0.15, 0.2) is 0 Å². The lowest BCUT2D eigenvalue weighted by atomic mass is 9.93. The third-order valence-corrected chi connectivity index (χ3v) is 4.97. The van der Waals surface area contributed by atoms with Crippen molar-refractivity contribution < 1.29 is 4.79 Å². The van der Waals surface area contributed by atoms with E-state index in [0.717, 1.165) is 22.0 Å². The zero-order chi connectivity index (χ0) is 18.7. The fraction of sp³-hybridized carbons (Fsp3) is 0.348. The number of carbonyl (C=O) groups excluding carboxylic acids is 1. The Labute approximate surface area is 155 Å². The Kier molecular flexibility index (Phi) is 5.46. The minimum Gasteiger partial charge on any atom is -0.361 e. The molecule has 136 valence electrons. The third kappa shape index (κ3) is 3.98. The first-order valence-corrected chi connectivity index (χ1v) is 9.40. The molecule has 26 heavy (non-hydrogen) atoms. The van der Waals surface area contributed by atoms with E-state index in [1.807, 2.05) is 24.4 Å². The van der Waals surface area contributed by atoms with Crippen molar-refractivity contribution in [2.45, 2.75) is 46.1 Å². The minimum atomic E-state index is 0.0221. The number of para-hydroxylation sites is 1. The summed E-state index contributed by atoms with van der Waals surface area (Å²) in [6.07, 6.45) is 2.32. The van der Waals surface area contributed by atoms with E-state index in [9.17, 15) is 4.79 Å². The smallest absolute Gasteiger partial charge is 0.224 e. The van der Waals surface area contributed by atoms with Crippen LogP contribution in [0.3, 0.4) is 0 Å². The molecule has 1 aromatic heterocycles. The predicted octanol–water partition coefficient (Wildman–Crippen LogP) is 5.35. The minimum absolute atomic E-state index is 0.0221. The molecule has 2 N–H and O–H groups in total. The van der Waals surface area contributed by atoms with Crippen LogP contribution in [0.4, 0.5) is 0 Å². The van der Waals surface area contributed by atoms with Gasteiger partial charge in [-0.05, 0) is 34.6 Å². The van der Waals surface area contributed by atoms with Crippen LogP contribution in [0.1, 0.15) is 56.3 Å². The second-order valence-corrected chi connectivity index (χ2v) is 7.65. The van der Waals surface area contributed by atoms with Crippen LogP contribution in [0, 0.1) is 5.92 Å². The number of fused-ring (bicyclic) bond motifs is 1. The number of rotatable bonds is 6. The lowest BCUT2D eigenvalue weighted by Gasteiger charge is -2.23. The van der Waals surface area contributed by atoms with E-state index >= 15 is 0 Å². The van der Waals surface area contributed by atoms with Crippen molar-refractivity contribution in [3.05, 3.63) is 71.4 Å². The molecule has 0 bridgehead atoms. The van der Waals surface area contributed by atoms with E-state index in [-0.39, 0.29) is 11.9 Å². The Hall–Kier alpha value is -2.55. The van der Waals surface area contributed by atoms with Crippen molar-refractivity contribution >= 4 is 16.8 Å². The number of nitrogens with one attached hydrogen (secondary N) is 2. The normalized spacial score (nSPS) is 12.7. The molecule has 0 aliphatic carbocycles. The highest BCUT2D eigenvalue weighted by atomic mass is 16.1. The molecule has 3 rings (SSSR count). The molecule has 1 unspecified atom stereocenters. The summed E-state index contributed by atoms with van der Waals surface area (Å²) in [6.45, 7) is 8.68. The first kappa shape index (κ1) is 18.2. The van der Waals surface area contributed by atoms with Gasteiger partial charge in [-0.2, -0.15) is 0 Å². The number of H-pyrrole nitrogens is 1. The molecule has 1 heterocycles. The fourth-order valence-electron chi connectivity index (χ4n) is 3.40. The summed E-state index contributed by atoms with van der Waals surface area (Å²) in [5.41, 5.74) is 4.59. The Balaban J connectivity index is 1.74. The van der Waals surface area contributed by atoms with Gasteiger partial charge in [-0.25, -0.2) is 0 Å². The van der Waals surface area contributed by atoms with Crippen LogP contribution in [0.15, 0.2) is 54.7 Å². The first-order valence-electron chi connectivity index (χ1n) is 9.40. The van der Waals surface area contributed by atoms with Crippen molar-refractivity contribution in [2.24, 2.45) is 5.92 Å². The maximum absolute atomic E-state index is 12.7. The first-order chi connectivity index (χ1) is 12.5. The molecule has 1 amide bonds. The molecule has 0 aliphatic rings. The number of aromatic nitrogens is 1. The number of amides is 1. The van der Waals surface area contributed by atoms with E-state index in [0.29, 0.717) is 18.3 Å². The zero-order valence-electron chi connectivity index (χ0n) is 16.0. The Bertz CT molecular complexity index is 875. The maximum Gasteiger partial charge on any atom is 0.224 e. The monoisotopic (exact) mass is 348 g/mol. The maximum atomic E-state index is 12.7. The number of carbonyl (C=O) groups is 1. The van der Waals surface area contributed by atoms with Gasteiger partial charge in [0.05, 0.1) is 12.5 Å². The molecule has 0 aliphatic heterocycles. The zero-order valence-corrected chi connectivity index (χ0v) is 16.0. The second-order valence-electron chi connectivity index (χ2n) is 7.65. The topological polar surface area (TPSA) is 44.9 Å². The largest absolute Gasteiger partial charge is 0.361 e. The molecule has 0 spiro atoms. The molecule has 0 radical (unpaired) electrons. The van der Waals surface area contributed by atoms with Crippen LogP contribution < -0.4 is 5.32 Å². The van der Waals surface area contributed by atoms with Crippen LogP contribution in [-0.2, 0) is 11.2 Å². The van der Waals surface area contributed by atoms with Gasteiger partial charge in [-0.15, -0.1) is 0 Å². The number of benzene rings is 2. The van der Waals surface area contributed by atoms with Crippen LogP contribution >= 0.6 is 0 Å². The predicted molar refractivity (Wildman–Crippen MR) is 108 cm³/mol. The number of hydrogen-bond acceptors (Lipinski definition) is 1. The molecular weight excluding hydrogens is 320 g/mol. The standard InChI is InChI=1S/C23H28N2O/c1-15(2)17-9-11-18(12-10-17)23(16(3)4)25-22(26)13-19-14-24-21-8-6-5-7-20(19)21/h5-12,14-16,23-24H,13H2,1-4H3,(H,25,26). The molecule has 2 aromatic carbocycles. The van der Waals surface area contributed by atoms with E-state index in [4.69, 9.17) is 0 Å². The molecule has 1 atom stereocenters. The lowest BCUT2D eigenvalue weighted by Crippen LogP contribution is -2.32. The van der Waals surface area contributed by atoms with Gasteiger partial charge in [0.25, 0.3) is 0 Å². The summed E-state index contributed by atoms with van der Waals surface area (Å²) >= 11 is 0. The summed E-state index contributed by atoms with van der Waals surface area (Å²) in [5.74, 6) is 0.895. The second kappa shape index (κ2) is 7.77. The lowest BCUT2D eigenvalue weighted by molar-refractivity contribution is -0.121. The van der Waals surface area contributed by atoms with Gasteiger partial charge in [0.1, 0.15) is 0 Å². The molecule has 3 nitrogen and oxygen atoms in total. The average molecular weight is 348 g/mol. The molecule has 0 fully saturated rings. The van der Waals surface area contributed by atoms with Gasteiger partial charge in [-0.1, -0.05) is 70.2 Å². The van der Waals surface area contributed by atoms with E-state index < -0.39 is 0 Å². The van der Waals surface area contributed by atoms with E-state index in [2.05, 4.69) is 68.3 Å². The van der Waals surface area contributed by atoms with Gasteiger partial charge in [0, 0.05) is 17.1 Å². The molecular formula is C23H28N2O. The fourth-order valence-corrected chi connectivity index (χ4v) is 3.40. The van der Waals surface area contributed by atoms with Crippen molar-refractivity contribution in [3.8, 4) is 0 Å². The van der Waals surface area contributed by atoms with Crippen LogP contribution in [0.2, 0.25) is 0 Å². The Morgan fingerprint density at radius 3 is 2.27 bits per heavy atom. The highest BCUT2D eigenvalue weighted by molar-refractivity contribution is 5.89. The highest BCUT2D eigenvalue weighted by Gasteiger charge is 2.19. The Morgan fingerprint density at radius 2 is 1.62 bits per heavy atom. The van der Waals surface area contributed by atoms with Crippen LogP contribution in [-0.4, -0.2) is 10.9 Å². The summed E-state index contributed by atoms with van der Waals surface area (Å²) in [7, 11) is 0. The molecule has 0 saturated heterocycles. The highest BCUT2D eigenvalue weighted by Crippen LogP contribution is 2.25. The molecule has 0 saturated carbocycles. The third-order valence-electron chi connectivity index (χ3n) is 4.97. The van der Waals surface area contributed by atoms with Gasteiger partial charge in [-0.3, -0.25) is 4.79 Å². The van der Waals surface area contributed by atoms with Crippen molar-refractivity contribution in [1.29, 1.82) is 0 Å². The Morgan fingerprint density at radius 1 is 0.962 bits per heavy atom. The quantitative estimate of drug-likeness (QED) is 0.620. The number of hydrogen-bond donors (Lipinski definition) is 2. The van der Waals surface area contributed by atoms with Gasteiger partial charge < -0.3 is 10.3 Å². The molecule has 3 heteroatoms. The van der Waals surface area contributed by atoms with Gasteiger partial charge in [0.2, 0.25) is 5.91 Å². The SMILES string of the molecule is CC(C)c1ccc(C(NC(=O)Cc2c[nH]c3ccccc23)C(C)C)cc1. The van der Waals surface area contributed by atoms with Crippen molar-refractivity contribution in [2.75, 3.05) is 0 Å². The average Bonchev–Trinajstić information content (AvgIpc) is 3.02. The van der Waals surface area contributed by atoms with Crippen LogP contribution in [0.25, 0.3) is 10.9 Å². The van der Waals surface area contributed by atoms with Gasteiger partial charge >= 0.3 is 0 Å². The number of aromatic amines is 1. The summed E-state index contributed by atoms with van der Waals surface area (Å²) in [4.78, 5) is 15.9. The van der Waals surface area contributed by atoms with Crippen molar-refractivity contribution in [3.63, 3.8) is 0 Å². The van der Waals surface area contributed by atoms with E-state index in [1.54, 1.807) is 0 Å². The summed E-state index contributed by atoms with van der Waals surface area (Å²) in [6, 6.07) is 16.7.